The van der Waals surface area contributed by atoms with Gasteiger partial charge >= 0.3 is 5.97 Å². The highest BCUT2D eigenvalue weighted by Crippen LogP contribution is 2.56. The van der Waals surface area contributed by atoms with Gasteiger partial charge in [0.15, 0.2) is 5.41 Å². The van der Waals surface area contributed by atoms with Gasteiger partial charge in [-0.2, -0.15) is 5.26 Å². The minimum Gasteiger partial charge on any atom is -0.468 e. The fraction of sp³-hybridized carbons (Fsp3) is 0.179. The largest absolute Gasteiger partial charge is 0.468 e. The molecule has 0 radical (unpaired) electrons. The van der Waals surface area contributed by atoms with Gasteiger partial charge in [-0.05, 0) is 41.5 Å². The third-order valence-corrected chi connectivity index (χ3v) is 7.32. The van der Waals surface area contributed by atoms with Crippen molar-refractivity contribution < 1.29 is 14.3 Å². The number of benzene rings is 3. The van der Waals surface area contributed by atoms with E-state index in [9.17, 15) is 14.9 Å². The van der Waals surface area contributed by atoms with Crippen molar-refractivity contribution in [2.75, 3.05) is 17.3 Å². The molecule has 0 unspecified atom stereocenters. The van der Waals surface area contributed by atoms with E-state index in [2.05, 4.69) is 27.3 Å². The first-order valence-corrected chi connectivity index (χ1v) is 12.0. The number of nitriles is 1. The second-order valence-corrected chi connectivity index (χ2v) is 9.49. The maximum Gasteiger partial charge on any atom is 0.329 e. The molecule has 2 heterocycles. The molecule has 1 N–H and O–H groups in total. The van der Waals surface area contributed by atoms with Gasteiger partial charge < -0.3 is 15.0 Å². The molecule has 3 aromatic rings. The van der Waals surface area contributed by atoms with Crippen LogP contribution in [0.1, 0.15) is 17.0 Å². The number of anilines is 2. The minimum absolute atomic E-state index is 0.305. The molecule has 1 fully saturated rings. The van der Waals surface area contributed by atoms with Gasteiger partial charge in [-0.25, -0.2) is 0 Å². The number of hydrogen-bond donors (Lipinski definition) is 1. The fourth-order valence-corrected chi connectivity index (χ4v) is 5.58. The van der Waals surface area contributed by atoms with E-state index in [1.165, 1.54) is 7.11 Å². The molecule has 2 aliphatic heterocycles. The maximum atomic E-state index is 14.0. The number of halogens is 1. The Kier molecular flexibility index (Phi) is 5.91. The summed E-state index contributed by atoms with van der Waals surface area (Å²) in [7, 11) is 1.28. The molecule has 2 aliphatic rings. The lowest BCUT2D eigenvalue weighted by atomic mass is 9.68. The molecule has 0 spiro atoms. The van der Waals surface area contributed by atoms with Gasteiger partial charge in [-0.15, -0.1) is 0 Å². The van der Waals surface area contributed by atoms with Crippen molar-refractivity contribution in [1.29, 1.82) is 5.26 Å². The Labute approximate surface area is 212 Å². The van der Waals surface area contributed by atoms with Crippen LogP contribution < -0.4 is 10.2 Å². The molecule has 4 atom stereocenters. The molecule has 6 nitrogen and oxygen atoms in total. The number of carbonyl (C=O) groups is 2. The van der Waals surface area contributed by atoms with Crippen LogP contribution in [-0.2, 0) is 14.3 Å². The monoisotopic (exact) mass is 527 g/mol. The van der Waals surface area contributed by atoms with Crippen LogP contribution in [0.15, 0.2) is 89.4 Å². The fourth-order valence-electron chi connectivity index (χ4n) is 5.32. The summed E-state index contributed by atoms with van der Waals surface area (Å²) in [6, 6.07) is 25.0. The Morgan fingerprint density at radius 1 is 1.03 bits per heavy atom. The van der Waals surface area contributed by atoms with E-state index in [-0.39, 0.29) is 5.91 Å². The topological polar surface area (TPSA) is 82.4 Å². The predicted octanol–water partition coefficient (Wildman–Crippen LogP) is 5.14. The zero-order chi connectivity index (χ0) is 24.6. The predicted molar refractivity (Wildman–Crippen MR) is 138 cm³/mol. The Bertz CT molecular complexity index is 1350. The second-order valence-electron chi connectivity index (χ2n) is 8.57. The van der Waals surface area contributed by atoms with Crippen molar-refractivity contribution in [3.8, 4) is 6.07 Å². The van der Waals surface area contributed by atoms with Crippen molar-refractivity contribution in [2.24, 2.45) is 5.41 Å². The number of amides is 1. The van der Waals surface area contributed by atoms with Crippen LogP contribution in [0.4, 0.5) is 11.4 Å². The number of nitrogens with zero attached hydrogens (tertiary/aromatic N) is 2. The van der Waals surface area contributed by atoms with Crippen LogP contribution in [-0.4, -0.2) is 31.1 Å². The lowest BCUT2D eigenvalue weighted by Gasteiger charge is -2.36. The van der Waals surface area contributed by atoms with Crippen molar-refractivity contribution in [2.45, 2.75) is 18.0 Å². The van der Waals surface area contributed by atoms with E-state index >= 15 is 0 Å². The maximum absolute atomic E-state index is 14.0. The SMILES string of the molecule is COC(=O)[C@@]1(C#N)[C@@H](c2ccc(Br)cc2)[C@H](C(=O)Nc2ccccc2)N2c3ccccc3C=C[C@@H]21. The molecule has 5 rings (SSSR count). The van der Waals surface area contributed by atoms with Gasteiger partial charge in [0.2, 0.25) is 5.91 Å². The number of esters is 1. The van der Waals surface area contributed by atoms with Gasteiger partial charge in [0, 0.05) is 21.8 Å². The lowest BCUT2D eigenvalue weighted by molar-refractivity contribution is -0.150. The molecule has 1 saturated heterocycles. The Morgan fingerprint density at radius 3 is 2.40 bits per heavy atom. The third-order valence-electron chi connectivity index (χ3n) is 6.79. The zero-order valence-corrected chi connectivity index (χ0v) is 20.5. The number of para-hydroxylation sites is 2. The number of nitrogens with one attached hydrogen (secondary N) is 1. The van der Waals surface area contributed by atoms with E-state index in [0.29, 0.717) is 11.3 Å². The molecule has 3 aromatic carbocycles. The molecule has 174 valence electrons. The van der Waals surface area contributed by atoms with Crippen molar-refractivity contribution in [1.82, 2.24) is 0 Å². The van der Waals surface area contributed by atoms with Crippen molar-refractivity contribution in [3.63, 3.8) is 0 Å². The number of fused-ring (bicyclic) bond motifs is 3. The molecule has 0 bridgehead atoms. The van der Waals surface area contributed by atoms with Crippen molar-refractivity contribution in [3.05, 3.63) is 101 Å². The molecular weight excluding hydrogens is 506 g/mol. The number of ether oxygens (including phenoxy) is 1. The second kappa shape index (κ2) is 9.05. The Hall–Kier alpha value is -3.89. The minimum atomic E-state index is -1.65. The van der Waals surface area contributed by atoms with Crippen LogP contribution in [0.3, 0.4) is 0 Å². The van der Waals surface area contributed by atoms with Crippen LogP contribution in [0.2, 0.25) is 0 Å². The first kappa shape index (κ1) is 22.9. The normalized spacial score (nSPS) is 24.1. The molecule has 0 saturated carbocycles. The molecule has 1 amide bonds. The first-order valence-electron chi connectivity index (χ1n) is 11.2. The van der Waals surface area contributed by atoms with E-state index < -0.39 is 29.4 Å². The van der Waals surface area contributed by atoms with Gasteiger partial charge in [0.25, 0.3) is 0 Å². The van der Waals surface area contributed by atoms with E-state index in [1.54, 1.807) is 12.1 Å². The standard InChI is InChI=1S/C28H22BrN3O3/c1-35-27(34)28(17-30)23-16-13-18-7-5-6-10-22(18)32(23)25(24(28)19-11-14-20(29)15-12-19)26(33)31-21-8-3-2-4-9-21/h2-16,23-25H,1H3,(H,31,33)/t23-,24+,25-,28-/m1/s1. The molecular formula is C28H22BrN3O3. The molecule has 7 heteroatoms. The third kappa shape index (κ3) is 3.62. The van der Waals surface area contributed by atoms with E-state index in [4.69, 9.17) is 4.74 Å². The highest BCUT2D eigenvalue weighted by Gasteiger charge is 2.67. The van der Waals surface area contributed by atoms with Crippen LogP contribution in [0, 0.1) is 16.7 Å². The summed E-state index contributed by atoms with van der Waals surface area (Å²) >= 11 is 3.46. The van der Waals surface area contributed by atoms with Gasteiger partial charge in [0.05, 0.1) is 19.2 Å². The van der Waals surface area contributed by atoms with E-state index in [1.807, 2.05) is 83.8 Å². The summed E-state index contributed by atoms with van der Waals surface area (Å²) < 4.78 is 6.08. The Morgan fingerprint density at radius 2 is 1.71 bits per heavy atom. The number of carbonyl (C=O) groups excluding carboxylic acids is 2. The summed E-state index contributed by atoms with van der Waals surface area (Å²) in [5, 5.41) is 13.6. The smallest absolute Gasteiger partial charge is 0.329 e. The van der Waals surface area contributed by atoms with Gasteiger partial charge in [-0.3, -0.25) is 9.59 Å². The Balaban J connectivity index is 1.75. The summed E-state index contributed by atoms with van der Waals surface area (Å²) in [4.78, 5) is 29.4. The van der Waals surface area contributed by atoms with Crippen LogP contribution >= 0.6 is 15.9 Å². The van der Waals surface area contributed by atoms with Crippen LogP contribution in [0.25, 0.3) is 6.08 Å². The summed E-state index contributed by atoms with van der Waals surface area (Å²) in [5.74, 6) is -1.76. The van der Waals surface area contributed by atoms with Gasteiger partial charge in [-0.1, -0.05) is 76.6 Å². The number of methoxy groups -OCH3 is 1. The van der Waals surface area contributed by atoms with E-state index in [0.717, 1.165) is 15.7 Å². The van der Waals surface area contributed by atoms with Crippen molar-refractivity contribution >= 4 is 45.3 Å². The highest BCUT2D eigenvalue weighted by molar-refractivity contribution is 9.10. The van der Waals surface area contributed by atoms with Crippen LogP contribution in [0.5, 0.6) is 0 Å². The summed E-state index contributed by atoms with van der Waals surface area (Å²) in [6.45, 7) is 0. The number of hydrogen-bond acceptors (Lipinski definition) is 5. The molecule has 0 aliphatic carbocycles. The van der Waals surface area contributed by atoms with Gasteiger partial charge in [0.1, 0.15) is 6.04 Å². The average Bonchev–Trinajstić information content (AvgIpc) is 3.21. The average molecular weight is 528 g/mol. The first-order chi connectivity index (χ1) is 17.0. The zero-order valence-electron chi connectivity index (χ0n) is 18.9. The number of rotatable bonds is 4. The lowest BCUT2D eigenvalue weighted by Crippen LogP contribution is -2.47. The molecule has 0 aromatic heterocycles. The molecule has 35 heavy (non-hydrogen) atoms. The summed E-state index contributed by atoms with van der Waals surface area (Å²) in [6.07, 6.45) is 3.74. The quantitative estimate of drug-likeness (QED) is 0.475. The summed E-state index contributed by atoms with van der Waals surface area (Å²) in [5.41, 5.74) is 1.39. The highest BCUT2D eigenvalue weighted by atomic mass is 79.9.